The van der Waals surface area contributed by atoms with Gasteiger partial charge >= 0.3 is 0 Å². The van der Waals surface area contributed by atoms with Gasteiger partial charge < -0.3 is 0 Å². The van der Waals surface area contributed by atoms with Crippen molar-refractivity contribution >= 4 is 22.0 Å². The monoisotopic (exact) mass is 329 g/mol. The van der Waals surface area contributed by atoms with Gasteiger partial charge in [0.1, 0.15) is 4.60 Å². The third-order valence-corrected chi connectivity index (χ3v) is 3.27. The first-order valence-corrected chi connectivity index (χ1v) is 7.44. The summed E-state index contributed by atoms with van der Waals surface area (Å²) in [6.07, 6.45) is 3.25. The van der Waals surface area contributed by atoms with E-state index >= 15 is 0 Å². The number of aromatic nitrogens is 1. The zero-order chi connectivity index (χ0) is 15.2. The Labute approximate surface area is 125 Å². The molecule has 108 valence electrons. The second-order valence-corrected chi connectivity index (χ2v) is 6.47. The van der Waals surface area contributed by atoms with Crippen molar-refractivity contribution in [2.75, 3.05) is 0 Å². The second-order valence-electron chi connectivity index (χ2n) is 5.72. The fraction of sp³-hybridized carbons (Fsp3) is 0.562. The Balaban J connectivity index is 0.000000982. The molecule has 0 spiro atoms. The highest BCUT2D eigenvalue weighted by molar-refractivity contribution is 9.10. The van der Waals surface area contributed by atoms with Crippen LogP contribution < -0.4 is 0 Å². The van der Waals surface area contributed by atoms with Gasteiger partial charge in [-0.05, 0) is 46.8 Å². The lowest BCUT2D eigenvalue weighted by molar-refractivity contribution is 0.508. The number of hydrogen-bond donors (Lipinski definition) is 0. The molecule has 0 aliphatic rings. The second kappa shape index (κ2) is 7.78. The minimum Gasteiger partial charge on any atom is -0.243 e. The first kappa shape index (κ1) is 18.3. The van der Waals surface area contributed by atoms with Gasteiger partial charge in [0.15, 0.2) is 5.82 Å². The van der Waals surface area contributed by atoms with E-state index < -0.39 is 0 Å². The molecule has 0 saturated heterocycles. The third kappa shape index (κ3) is 6.33. The van der Waals surface area contributed by atoms with Crippen LogP contribution in [0.25, 0.3) is 6.08 Å². The molecule has 19 heavy (non-hydrogen) atoms. The number of nitrogens with zero attached hydrogens (tertiary/aromatic N) is 1. The number of aryl methyl sites for hydroxylation is 1. The zero-order valence-corrected chi connectivity index (χ0v) is 14.7. The molecule has 0 bridgehead atoms. The fourth-order valence-electron chi connectivity index (χ4n) is 1.16. The molecule has 0 aromatic carbocycles. The van der Waals surface area contributed by atoms with E-state index in [9.17, 15) is 4.39 Å². The lowest BCUT2D eigenvalue weighted by atomic mass is 9.86. The lowest BCUT2D eigenvalue weighted by Crippen LogP contribution is -2.06. The summed E-state index contributed by atoms with van der Waals surface area (Å²) in [5.74, 6) is -0.321. The van der Waals surface area contributed by atoms with Gasteiger partial charge in [-0.25, -0.2) is 9.37 Å². The SMILES string of the molecule is C/C(=C\c1cc(F)c(Br)nc1C)C(C)(C)C.CCC. The van der Waals surface area contributed by atoms with Crippen LogP contribution in [0.4, 0.5) is 4.39 Å². The Morgan fingerprint density at radius 3 is 2.26 bits per heavy atom. The Bertz CT molecular complexity index is 445. The highest BCUT2D eigenvalue weighted by Crippen LogP contribution is 2.27. The van der Waals surface area contributed by atoms with Crippen molar-refractivity contribution in [2.45, 2.75) is 54.9 Å². The molecule has 0 N–H and O–H groups in total. The van der Waals surface area contributed by atoms with Crippen molar-refractivity contribution in [1.82, 2.24) is 4.98 Å². The number of halogens is 2. The minimum atomic E-state index is -0.321. The highest BCUT2D eigenvalue weighted by Gasteiger charge is 2.13. The van der Waals surface area contributed by atoms with E-state index in [-0.39, 0.29) is 15.8 Å². The number of allylic oxidation sites excluding steroid dienone is 1. The zero-order valence-electron chi connectivity index (χ0n) is 13.1. The summed E-state index contributed by atoms with van der Waals surface area (Å²) in [7, 11) is 0. The van der Waals surface area contributed by atoms with Crippen LogP contribution in [-0.2, 0) is 0 Å². The standard InChI is InChI=1S/C13H17BrFN.C3H8/c1-8(13(3,4)5)6-10-7-11(15)12(14)16-9(10)2;1-3-2/h6-7H,1-5H3;3H2,1-2H3/b8-6+;. The molecule has 0 radical (unpaired) electrons. The number of pyridine rings is 1. The normalized spacial score (nSPS) is 11.9. The Morgan fingerprint density at radius 1 is 1.37 bits per heavy atom. The highest BCUT2D eigenvalue weighted by atomic mass is 79.9. The molecule has 3 heteroatoms. The molecule has 0 amide bonds. The quantitative estimate of drug-likeness (QED) is 0.562. The van der Waals surface area contributed by atoms with E-state index in [0.29, 0.717) is 0 Å². The molecule has 0 fully saturated rings. The van der Waals surface area contributed by atoms with Crippen LogP contribution >= 0.6 is 15.9 Å². The summed E-state index contributed by atoms with van der Waals surface area (Å²) in [4.78, 5) is 4.11. The molecule has 0 aliphatic carbocycles. The van der Waals surface area contributed by atoms with E-state index in [1.165, 1.54) is 18.1 Å². The molecule has 1 heterocycles. The molecule has 1 nitrogen and oxygen atoms in total. The van der Waals surface area contributed by atoms with Crippen molar-refractivity contribution in [2.24, 2.45) is 5.41 Å². The van der Waals surface area contributed by atoms with Gasteiger partial charge in [0.05, 0.1) is 0 Å². The summed E-state index contributed by atoms with van der Waals surface area (Å²) in [6.45, 7) is 14.6. The minimum absolute atomic E-state index is 0.0932. The van der Waals surface area contributed by atoms with Gasteiger partial charge in [-0.3, -0.25) is 0 Å². The molecule has 0 aliphatic heterocycles. The largest absolute Gasteiger partial charge is 0.243 e. The van der Waals surface area contributed by atoms with Gasteiger partial charge in [-0.1, -0.05) is 52.7 Å². The van der Waals surface area contributed by atoms with Crippen LogP contribution in [0.5, 0.6) is 0 Å². The fourth-order valence-corrected chi connectivity index (χ4v) is 1.54. The van der Waals surface area contributed by atoms with Crippen molar-refractivity contribution in [1.29, 1.82) is 0 Å². The number of hydrogen-bond acceptors (Lipinski definition) is 1. The van der Waals surface area contributed by atoms with Gasteiger partial charge in [0, 0.05) is 5.69 Å². The van der Waals surface area contributed by atoms with Gasteiger partial charge in [0.25, 0.3) is 0 Å². The summed E-state index contributed by atoms with van der Waals surface area (Å²) >= 11 is 3.08. The summed E-state index contributed by atoms with van der Waals surface area (Å²) in [5.41, 5.74) is 2.97. The maximum atomic E-state index is 13.4. The van der Waals surface area contributed by atoms with E-state index in [2.05, 4.69) is 62.5 Å². The molecule has 1 aromatic heterocycles. The van der Waals surface area contributed by atoms with E-state index in [1.807, 2.05) is 13.0 Å². The molecule has 1 rings (SSSR count). The van der Waals surface area contributed by atoms with E-state index in [4.69, 9.17) is 0 Å². The lowest BCUT2D eigenvalue weighted by Gasteiger charge is -2.19. The van der Waals surface area contributed by atoms with E-state index in [0.717, 1.165) is 11.3 Å². The molecular weight excluding hydrogens is 305 g/mol. The topological polar surface area (TPSA) is 12.9 Å². The van der Waals surface area contributed by atoms with Crippen LogP contribution in [0.1, 0.15) is 59.2 Å². The molecule has 0 unspecified atom stereocenters. The predicted octanol–water partition coefficient (Wildman–Crippen LogP) is 6.16. The molecule has 1 aromatic rings. The molecular formula is C16H25BrFN. The summed E-state index contributed by atoms with van der Waals surface area (Å²) < 4.78 is 13.6. The molecule has 0 atom stereocenters. The average Bonchev–Trinajstić information content (AvgIpc) is 2.25. The van der Waals surface area contributed by atoms with Gasteiger partial charge in [-0.2, -0.15) is 0 Å². The summed E-state index contributed by atoms with van der Waals surface area (Å²) in [6, 6.07) is 1.52. The van der Waals surface area contributed by atoms with Crippen LogP contribution in [0.3, 0.4) is 0 Å². The number of rotatable bonds is 1. The Kier molecular flexibility index (Phi) is 7.50. The van der Waals surface area contributed by atoms with Crippen molar-refractivity contribution in [3.63, 3.8) is 0 Å². The Morgan fingerprint density at radius 2 is 1.84 bits per heavy atom. The summed E-state index contributed by atoms with van der Waals surface area (Å²) in [5, 5.41) is 0. The first-order chi connectivity index (χ1) is 8.63. The van der Waals surface area contributed by atoms with Crippen LogP contribution in [0, 0.1) is 18.2 Å². The van der Waals surface area contributed by atoms with Crippen LogP contribution in [-0.4, -0.2) is 4.98 Å². The maximum Gasteiger partial charge on any atom is 0.156 e. The van der Waals surface area contributed by atoms with Gasteiger partial charge in [-0.15, -0.1) is 0 Å². The van der Waals surface area contributed by atoms with E-state index in [1.54, 1.807) is 0 Å². The maximum absolute atomic E-state index is 13.4. The van der Waals surface area contributed by atoms with Crippen LogP contribution in [0.2, 0.25) is 0 Å². The smallest absolute Gasteiger partial charge is 0.156 e. The van der Waals surface area contributed by atoms with Crippen molar-refractivity contribution in [3.05, 3.63) is 33.3 Å². The molecule has 0 saturated carbocycles. The first-order valence-electron chi connectivity index (χ1n) is 6.64. The van der Waals surface area contributed by atoms with Crippen molar-refractivity contribution in [3.8, 4) is 0 Å². The Hall–Kier alpha value is -0.700. The van der Waals surface area contributed by atoms with Crippen LogP contribution in [0.15, 0.2) is 16.2 Å². The van der Waals surface area contributed by atoms with Gasteiger partial charge in [0.2, 0.25) is 0 Å². The average molecular weight is 330 g/mol. The third-order valence-electron chi connectivity index (χ3n) is 2.72. The predicted molar refractivity (Wildman–Crippen MR) is 85.7 cm³/mol. The van der Waals surface area contributed by atoms with Crippen molar-refractivity contribution < 1.29 is 4.39 Å².